The largest absolute Gasteiger partial charge is 0.302 e. The predicted molar refractivity (Wildman–Crippen MR) is 90.7 cm³/mol. The van der Waals surface area contributed by atoms with Crippen molar-refractivity contribution in [3.05, 3.63) is 27.7 Å². The third-order valence-corrected chi connectivity index (χ3v) is 5.88. The second-order valence-corrected chi connectivity index (χ2v) is 7.70. The summed E-state index contributed by atoms with van der Waals surface area (Å²) in [6.45, 7) is 5.48. The average molecular weight is 316 g/mol. The number of aromatic nitrogens is 2. The number of piperidine rings is 1. The van der Waals surface area contributed by atoms with Crippen LogP contribution in [0.4, 0.5) is 0 Å². The van der Waals surface area contributed by atoms with Gasteiger partial charge in [0.2, 0.25) is 0 Å². The van der Waals surface area contributed by atoms with Crippen LogP contribution in [0.25, 0.3) is 0 Å². The molecule has 3 heterocycles. The number of rotatable bonds is 4. The molecule has 5 heteroatoms. The monoisotopic (exact) mass is 316 g/mol. The first-order valence-corrected chi connectivity index (χ1v) is 9.21. The Morgan fingerprint density at radius 1 is 1.17 bits per heavy atom. The first kappa shape index (κ1) is 15.3. The summed E-state index contributed by atoms with van der Waals surface area (Å²) in [5, 5.41) is 4.60. The minimum Gasteiger partial charge on any atom is -0.302 e. The molecule has 3 aliphatic rings. The highest BCUT2D eigenvalue weighted by atomic mass is 16.1. The Morgan fingerprint density at radius 2 is 2.04 bits per heavy atom. The van der Waals surface area contributed by atoms with Gasteiger partial charge in [0, 0.05) is 37.7 Å². The normalized spacial score (nSPS) is 26.2. The number of hydrogen-bond acceptors (Lipinski definition) is 4. The quantitative estimate of drug-likeness (QED) is 0.835. The molecule has 4 rings (SSSR count). The minimum atomic E-state index is 0.0936. The highest BCUT2D eigenvalue weighted by Crippen LogP contribution is 2.22. The van der Waals surface area contributed by atoms with Crippen LogP contribution in [0.1, 0.15) is 36.9 Å². The molecule has 0 aromatic carbocycles. The number of likely N-dealkylation sites (tertiary alicyclic amines) is 2. The van der Waals surface area contributed by atoms with Crippen LogP contribution < -0.4 is 5.56 Å². The molecule has 0 bridgehead atoms. The summed E-state index contributed by atoms with van der Waals surface area (Å²) in [4.78, 5) is 17.2. The molecule has 126 valence electrons. The molecule has 0 saturated carbocycles. The molecular formula is C18H28N4O. The van der Waals surface area contributed by atoms with Crippen molar-refractivity contribution in [3.8, 4) is 0 Å². The van der Waals surface area contributed by atoms with Crippen LogP contribution in [-0.4, -0.2) is 58.8 Å². The van der Waals surface area contributed by atoms with Crippen LogP contribution in [0.3, 0.4) is 0 Å². The molecule has 5 nitrogen and oxygen atoms in total. The maximum Gasteiger partial charge on any atom is 0.267 e. The van der Waals surface area contributed by atoms with Gasteiger partial charge in [0.25, 0.3) is 5.56 Å². The van der Waals surface area contributed by atoms with Crippen molar-refractivity contribution >= 4 is 0 Å². The summed E-state index contributed by atoms with van der Waals surface area (Å²) in [5.41, 5.74) is 2.43. The fourth-order valence-corrected chi connectivity index (χ4v) is 4.43. The molecule has 1 aromatic rings. The Kier molecular flexibility index (Phi) is 4.24. The van der Waals surface area contributed by atoms with Gasteiger partial charge in [-0.25, -0.2) is 4.68 Å². The first-order chi connectivity index (χ1) is 11.2. The molecular weight excluding hydrogens is 288 g/mol. The highest BCUT2D eigenvalue weighted by Gasteiger charge is 2.31. The topological polar surface area (TPSA) is 41.4 Å². The fraction of sp³-hybridized carbons (Fsp3) is 0.778. The third-order valence-electron chi connectivity index (χ3n) is 5.88. The van der Waals surface area contributed by atoms with Crippen molar-refractivity contribution in [2.45, 2.75) is 51.1 Å². The van der Waals surface area contributed by atoms with Crippen molar-refractivity contribution in [2.24, 2.45) is 5.92 Å². The van der Waals surface area contributed by atoms with Crippen LogP contribution in [0.2, 0.25) is 0 Å². The summed E-state index contributed by atoms with van der Waals surface area (Å²) in [6.07, 6.45) is 7.29. The van der Waals surface area contributed by atoms with Gasteiger partial charge in [0.1, 0.15) is 0 Å². The smallest absolute Gasteiger partial charge is 0.267 e. The van der Waals surface area contributed by atoms with E-state index in [1.54, 1.807) is 4.68 Å². The summed E-state index contributed by atoms with van der Waals surface area (Å²) in [7, 11) is 2.26. The number of hydrogen-bond donors (Lipinski definition) is 0. The Labute approximate surface area is 138 Å². The zero-order chi connectivity index (χ0) is 15.8. The van der Waals surface area contributed by atoms with Crippen LogP contribution >= 0.6 is 0 Å². The van der Waals surface area contributed by atoms with Gasteiger partial charge in [0.05, 0.1) is 12.2 Å². The molecule has 1 aromatic heterocycles. The van der Waals surface area contributed by atoms with E-state index in [-0.39, 0.29) is 5.56 Å². The van der Waals surface area contributed by atoms with Crippen LogP contribution in [0, 0.1) is 5.92 Å². The number of aryl methyl sites for hydroxylation is 2. The van der Waals surface area contributed by atoms with Gasteiger partial charge in [-0.2, -0.15) is 5.10 Å². The summed E-state index contributed by atoms with van der Waals surface area (Å²) in [5.74, 6) is 0.591. The SMILES string of the molecule is CN1CCCCC1CN1CC(Cn2nc3c(cc2=O)CCC3)C1. The number of nitrogens with zero attached hydrogens (tertiary/aromatic N) is 4. The maximum absolute atomic E-state index is 12.2. The third kappa shape index (κ3) is 3.22. The molecule has 1 atom stereocenters. The lowest BCUT2D eigenvalue weighted by Crippen LogP contribution is -2.54. The number of fused-ring (bicyclic) bond motifs is 1. The van der Waals surface area contributed by atoms with E-state index in [2.05, 4.69) is 21.9 Å². The van der Waals surface area contributed by atoms with E-state index < -0.39 is 0 Å². The Balaban J connectivity index is 1.30. The van der Waals surface area contributed by atoms with Gasteiger partial charge in [-0.1, -0.05) is 6.42 Å². The summed E-state index contributed by atoms with van der Waals surface area (Å²) >= 11 is 0. The van der Waals surface area contributed by atoms with E-state index in [0.29, 0.717) is 5.92 Å². The summed E-state index contributed by atoms with van der Waals surface area (Å²) < 4.78 is 1.72. The Hall–Kier alpha value is -1.20. The fourth-order valence-electron chi connectivity index (χ4n) is 4.43. The van der Waals surface area contributed by atoms with E-state index in [0.717, 1.165) is 50.6 Å². The number of likely N-dealkylation sites (N-methyl/N-ethyl adjacent to an activating group) is 1. The predicted octanol–water partition coefficient (Wildman–Crippen LogP) is 1.15. The lowest BCUT2D eigenvalue weighted by molar-refractivity contribution is 0.0427. The van der Waals surface area contributed by atoms with Gasteiger partial charge in [0.15, 0.2) is 0 Å². The zero-order valence-corrected chi connectivity index (χ0v) is 14.2. The average Bonchev–Trinajstić information content (AvgIpc) is 2.94. The van der Waals surface area contributed by atoms with E-state index in [1.807, 2.05) is 6.07 Å². The van der Waals surface area contributed by atoms with Gasteiger partial charge < -0.3 is 9.80 Å². The molecule has 0 amide bonds. The molecule has 0 radical (unpaired) electrons. The summed E-state index contributed by atoms with van der Waals surface area (Å²) in [6, 6.07) is 2.55. The van der Waals surface area contributed by atoms with Crippen LogP contribution in [0.5, 0.6) is 0 Å². The Morgan fingerprint density at radius 3 is 2.87 bits per heavy atom. The lowest BCUT2D eigenvalue weighted by Gasteiger charge is -2.44. The van der Waals surface area contributed by atoms with Gasteiger partial charge in [-0.15, -0.1) is 0 Å². The van der Waals surface area contributed by atoms with Crippen molar-refractivity contribution in [2.75, 3.05) is 33.2 Å². The molecule has 0 N–H and O–H groups in total. The molecule has 2 aliphatic heterocycles. The van der Waals surface area contributed by atoms with Crippen LogP contribution in [-0.2, 0) is 19.4 Å². The zero-order valence-electron chi connectivity index (χ0n) is 14.2. The van der Waals surface area contributed by atoms with Crippen molar-refractivity contribution in [1.82, 2.24) is 19.6 Å². The van der Waals surface area contributed by atoms with E-state index in [1.165, 1.54) is 37.9 Å². The van der Waals surface area contributed by atoms with Crippen molar-refractivity contribution in [1.29, 1.82) is 0 Å². The molecule has 1 unspecified atom stereocenters. The van der Waals surface area contributed by atoms with Crippen molar-refractivity contribution < 1.29 is 0 Å². The molecule has 2 fully saturated rings. The highest BCUT2D eigenvalue weighted by molar-refractivity contribution is 5.22. The second-order valence-electron chi connectivity index (χ2n) is 7.70. The second kappa shape index (κ2) is 6.36. The van der Waals surface area contributed by atoms with Gasteiger partial charge >= 0.3 is 0 Å². The first-order valence-electron chi connectivity index (χ1n) is 9.21. The molecule has 2 saturated heterocycles. The van der Waals surface area contributed by atoms with Gasteiger partial charge in [-0.3, -0.25) is 4.79 Å². The van der Waals surface area contributed by atoms with Gasteiger partial charge in [-0.05, 0) is 51.3 Å². The van der Waals surface area contributed by atoms with E-state index in [4.69, 9.17) is 0 Å². The molecule has 0 spiro atoms. The van der Waals surface area contributed by atoms with E-state index in [9.17, 15) is 4.79 Å². The van der Waals surface area contributed by atoms with Crippen LogP contribution in [0.15, 0.2) is 10.9 Å². The minimum absolute atomic E-state index is 0.0936. The maximum atomic E-state index is 12.2. The van der Waals surface area contributed by atoms with E-state index >= 15 is 0 Å². The standard InChI is InChI=1S/C18H28N4O/c1-20-8-3-2-6-16(20)13-21-10-14(11-21)12-22-18(23)9-15-5-4-7-17(15)19-22/h9,14,16H,2-8,10-13H2,1H3. The lowest BCUT2D eigenvalue weighted by atomic mass is 9.96. The van der Waals surface area contributed by atoms with Crippen molar-refractivity contribution in [3.63, 3.8) is 0 Å². The molecule has 23 heavy (non-hydrogen) atoms. The Bertz CT molecular complexity index is 620. The molecule has 1 aliphatic carbocycles.